The Balaban J connectivity index is 2.62. The van der Waals surface area contributed by atoms with Crippen LogP contribution in [0.1, 0.15) is 18.1 Å². The number of aromatic hydroxyl groups is 1. The predicted molar refractivity (Wildman–Crippen MR) is 93.5 cm³/mol. The molecule has 0 radical (unpaired) electrons. The van der Waals surface area contributed by atoms with Crippen molar-refractivity contribution in [1.82, 2.24) is 0 Å². The lowest BCUT2D eigenvalue weighted by molar-refractivity contribution is -0.137. The minimum Gasteiger partial charge on any atom is -0.506 e. The van der Waals surface area contributed by atoms with Crippen LogP contribution in [0.15, 0.2) is 34.8 Å². The number of carbonyl (C=O) groups is 1. The Morgan fingerprint density at radius 2 is 1.82 bits per heavy atom. The van der Waals surface area contributed by atoms with Crippen molar-refractivity contribution >= 4 is 23.6 Å². The molecule has 2 N–H and O–H groups in total. The number of phenols is 1. The first-order chi connectivity index (χ1) is 13.2. The minimum absolute atomic E-state index is 0.00265. The van der Waals surface area contributed by atoms with Crippen LogP contribution in [0, 0.1) is 30.2 Å². The summed E-state index contributed by atoms with van der Waals surface area (Å²) in [5.41, 5.74) is -1.14. The zero-order chi connectivity index (χ0) is 21.0. The lowest BCUT2D eigenvalue weighted by atomic mass is 10.1. The number of rotatable bonds is 5. The smallest absolute Gasteiger partial charge is 0.343 e. The number of hydrogen-bond acceptors (Lipinski definition) is 5. The van der Waals surface area contributed by atoms with Crippen LogP contribution in [0.2, 0.25) is 0 Å². The number of aryl methyl sites for hydroxylation is 1. The Bertz CT molecular complexity index is 986. The highest BCUT2D eigenvalue weighted by molar-refractivity contribution is 6.15. The number of nitrogens with zero attached hydrogens (tertiary/aromatic N) is 1. The molecule has 2 rings (SSSR count). The number of benzene rings is 2. The monoisotopic (exact) mass is 397 g/mol. The standard InChI is InChI=1S/C19H15F4NO4/c1-3-28-19(27)11(8-24-13-5-4-9(2)6-14(13)25)18(26)10-7-12(20)16(22)17(23)15(10)21/h4-8,25-26H,3H2,1-2H3. The molecule has 0 spiro atoms. The van der Waals surface area contributed by atoms with Gasteiger partial charge in [0.05, 0.1) is 12.2 Å². The summed E-state index contributed by atoms with van der Waals surface area (Å²) in [6, 6.07) is 4.58. The highest BCUT2D eigenvalue weighted by Gasteiger charge is 2.25. The molecule has 0 aliphatic carbocycles. The second-order valence-electron chi connectivity index (χ2n) is 5.58. The lowest BCUT2D eigenvalue weighted by Crippen LogP contribution is -2.12. The first-order valence-corrected chi connectivity index (χ1v) is 7.94. The zero-order valence-electron chi connectivity index (χ0n) is 14.8. The van der Waals surface area contributed by atoms with E-state index in [-0.39, 0.29) is 24.1 Å². The van der Waals surface area contributed by atoms with Crippen LogP contribution in [-0.4, -0.2) is 29.0 Å². The van der Waals surface area contributed by atoms with Crippen LogP contribution < -0.4 is 0 Å². The number of hydrogen-bond donors (Lipinski definition) is 2. The number of aliphatic hydroxyl groups excluding tert-OH is 1. The number of phenolic OH excluding ortho intramolecular Hbond substituents is 1. The van der Waals surface area contributed by atoms with E-state index in [2.05, 4.69) is 4.99 Å². The fourth-order valence-corrected chi connectivity index (χ4v) is 2.19. The lowest BCUT2D eigenvalue weighted by Gasteiger charge is -2.09. The van der Waals surface area contributed by atoms with Gasteiger partial charge in [-0.2, -0.15) is 0 Å². The molecule has 0 aromatic heterocycles. The average molecular weight is 397 g/mol. The van der Waals surface area contributed by atoms with E-state index >= 15 is 0 Å². The number of halogens is 4. The van der Waals surface area contributed by atoms with Gasteiger partial charge >= 0.3 is 5.97 Å². The van der Waals surface area contributed by atoms with Gasteiger partial charge in [0.25, 0.3) is 0 Å². The molecule has 0 bridgehead atoms. The Morgan fingerprint density at radius 1 is 1.14 bits per heavy atom. The molecule has 0 heterocycles. The Kier molecular flexibility index (Phi) is 6.40. The third-order valence-electron chi connectivity index (χ3n) is 3.57. The zero-order valence-corrected chi connectivity index (χ0v) is 14.8. The molecular weight excluding hydrogens is 382 g/mol. The van der Waals surface area contributed by atoms with E-state index in [0.717, 1.165) is 11.8 Å². The first kappa shape index (κ1) is 20.9. The van der Waals surface area contributed by atoms with E-state index in [1.54, 1.807) is 13.0 Å². The van der Waals surface area contributed by atoms with E-state index < -0.39 is 46.1 Å². The van der Waals surface area contributed by atoms with Gasteiger partial charge in [0.1, 0.15) is 22.8 Å². The second kappa shape index (κ2) is 8.55. The third kappa shape index (κ3) is 4.30. The maximum atomic E-state index is 14.0. The number of aliphatic imine (C=N–C) groups is 1. The molecule has 9 heteroatoms. The molecule has 0 unspecified atom stereocenters. The number of esters is 1. The van der Waals surface area contributed by atoms with Gasteiger partial charge in [-0.3, -0.25) is 4.99 Å². The van der Waals surface area contributed by atoms with Crippen molar-refractivity contribution < 1.29 is 37.3 Å². The van der Waals surface area contributed by atoms with Crippen LogP contribution >= 0.6 is 0 Å². The van der Waals surface area contributed by atoms with E-state index in [1.165, 1.54) is 19.1 Å². The van der Waals surface area contributed by atoms with E-state index in [4.69, 9.17) is 4.74 Å². The van der Waals surface area contributed by atoms with Crippen LogP contribution in [0.5, 0.6) is 5.75 Å². The van der Waals surface area contributed by atoms with Crippen LogP contribution in [-0.2, 0) is 9.53 Å². The molecule has 148 valence electrons. The van der Waals surface area contributed by atoms with E-state index in [1.807, 2.05) is 0 Å². The summed E-state index contributed by atoms with van der Waals surface area (Å²) in [5, 5.41) is 20.1. The SMILES string of the molecule is CCOC(=O)C(C=Nc1ccc(C)cc1O)=C(O)c1cc(F)c(F)c(F)c1F. The molecule has 0 fully saturated rings. The van der Waals surface area contributed by atoms with Gasteiger partial charge in [-0.1, -0.05) is 6.07 Å². The Morgan fingerprint density at radius 3 is 2.43 bits per heavy atom. The van der Waals surface area contributed by atoms with Crippen LogP contribution in [0.4, 0.5) is 23.2 Å². The summed E-state index contributed by atoms with van der Waals surface area (Å²) in [4.78, 5) is 15.9. The highest BCUT2D eigenvalue weighted by atomic mass is 19.2. The summed E-state index contributed by atoms with van der Waals surface area (Å²) in [6.45, 7) is 3.03. The van der Waals surface area contributed by atoms with Crippen molar-refractivity contribution in [3.63, 3.8) is 0 Å². The molecule has 0 saturated heterocycles. The van der Waals surface area contributed by atoms with Gasteiger partial charge in [-0.05, 0) is 37.6 Å². The quantitative estimate of drug-likeness (QED) is 0.148. The maximum Gasteiger partial charge on any atom is 0.343 e. The first-order valence-electron chi connectivity index (χ1n) is 7.94. The van der Waals surface area contributed by atoms with E-state index in [0.29, 0.717) is 0 Å². The second-order valence-corrected chi connectivity index (χ2v) is 5.58. The third-order valence-corrected chi connectivity index (χ3v) is 3.57. The summed E-state index contributed by atoms with van der Waals surface area (Å²) >= 11 is 0. The summed E-state index contributed by atoms with van der Waals surface area (Å²) in [5.74, 6) is -10.5. The van der Waals surface area contributed by atoms with Gasteiger partial charge in [-0.25, -0.2) is 22.4 Å². The molecule has 0 aliphatic heterocycles. The Labute approximate surface area is 157 Å². The predicted octanol–water partition coefficient (Wildman–Crippen LogP) is 4.49. The van der Waals surface area contributed by atoms with Gasteiger partial charge in [0, 0.05) is 6.21 Å². The Hall–Kier alpha value is -3.36. The van der Waals surface area contributed by atoms with Gasteiger partial charge in [0.15, 0.2) is 23.3 Å². The minimum atomic E-state index is -2.15. The highest BCUT2D eigenvalue weighted by Crippen LogP contribution is 2.28. The molecule has 2 aromatic carbocycles. The summed E-state index contributed by atoms with van der Waals surface area (Å²) in [6.07, 6.45) is 0.732. The molecule has 0 atom stereocenters. The molecule has 0 aliphatic rings. The van der Waals surface area contributed by atoms with Gasteiger partial charge in [0.2, 0.25) is 0 Å². The van der Waals surface area contributed by atoms with Crippen molar-refractivity contribution in [3.05, 3.63) is 64.2 Å². The summed E-state index contributed by atoms with van der Waals surface area (Å²) in [7, 11) is 0. The van der Waals surface area contributed by atoms with Crippen molar-refractivity contribution in [1.29, 1.82) is 0 Å². The van der Waals surface area contributed by atoms with E-state index in [9.17, 15) is 32.6 Å². The topological polar surface area (TPSA) is 79.1 Å². The fraction of sp³-hybridized carbons (Fsp3) is 0.158. The van der Waals surface area contributed by atoms with Gasteiger partial charge < -0.3 is 14.9 Å². The fourth-order valence-electron chi connectivity index (χ4n) is 2.19. The molecule has 0 amide bonds. The van der Waals surface area contributed by atoms with Crippen molar-refractivity contribution in [2.24, 2.45) is 4.99 Å². The number of carbonyl (C=O) groups excluding carboxylic acids is 1. The van der Waals surface area contributed by atoms with Crippen molar-refractivity contribution in [3.8, 4) is 5.75 Å². The van der Waals surface area contributed by atoms with Gasteiger partial charge in [-0.15, -0.1) is 0 Å². The van der Waals surface area contributed by atoms with Crippen LogP contribution in [0.25, 0.3) is 5.76 Å². The molecule has 28 heavy (non-hydrogen) atoms. The van der Waals surface area contributed by atoms with Crippen molar-refractivity contribution in [2.45, 2.75) is 13.8 Å². The molecule has 0 saturated carbocycles. The maximum absolute atomic E-state index is 14.0. The van der Waals surface area contributed by atoms with Crippen LogP contribution in [0.3, 0.4) is 0 Å². The molecular formula is C19H15F4NO4. The molecule has 5 nitrogen and oxygen atoms in total. The number of ether oxygens (including phenoxy) is 1. The summed E-state index contributed by atoms with van der Waals surface area (Å²) < 4.78 is 58.7. The average Bonchev–Trinajstić information content (AvgIpc) is 2.64. The number of aliphatic hydroxyl groups is 1. The normalized spacial score (nSPS) is 12.2. The molecule has 2 aromatic rings. The largest absolute Gasteiger partial charge is 0.506 e. The van der Waals surface area contributed by atoms with Crippen molar-refractivity contribution in [2.75, 3.05) is 6.61 Å².